The Balaban J connectivity index is 2.09. The van der Waals surface area contributed by atoms with E-state index >= 15 is 0 Å². The maximum Gasteiger partial charge on any atom is 0.157 e. The van der Waals surface area contributed by atoms with Gasteiger partial charge in [0.25, 0.3) is 0 Å². The molecule has 3 rings (SSSR count). The van der Waals surface area contributed by atoms with Crippen LogP contribution in [0.1, 0.15) is 12.8 Å². The van der Waals surface area contributed by atoms with Gasteiger partial charge in [0.2, 0.25) is 0 Å². The average Bonchev–Trinajstić information content (AvgIpc) is 2.83. The summed E-state index contributed by atoms with van der Waals surface area (Å²) in [7, 11) is 0. The standard InChI is InChI=1S/C9H10N4/c1-2-7(1)12-9-3-5-10-8-4-6-11-13(8)9/h3-7,12H,1-2H2. The second-order valence-corrected chi connectivity index (χ2v) is 3.35. The predicted molar refractivity (Wildman–Crippen MR) is 49.6 cm³/mol. The molecule has 4 nitrogen and oxygen atoms in total. The molecule has 0 atom stereocenters. The van der Waals surface area contributed by atoms with Crippen LogP contribution >= 0.6 is 0 Å². The largest absolute Gasteiger partial charge is 0.367 e. The normalized spacial score (nSPS) is 16.3. The molecule has 1 fully saturated rings. The number of nitrogens with zero attached hydrogens (tertiary/aromatic N) is 3. The summed E-state index contributed by atoms with van der Waals surface area (Å²) in [5.41, 5.74) is 0.894. The molecule has 1 saturated carbocycles. The van der Waals surface area contributed by atoms with Crippen molar-refractivity contribution in [3.63, 3.8) is 0 Å². The van der Waals surface area contributed by atoms with E-state index < -0.39 is 0 Å². The lowest BCUT2D eigenvalue weighted by Gasteiger charge is -2.05. The van der Waals surface area contributed by atoms with E-state index in [1.807, 2.05) is 22.8 Å². The molecule has 0 aromatic carbocycles. The zero-order valence-electron chi connectivity index (χ0n) is 7.14. The summed E-state index contributed by atoms with van der Waals surface area (Å²) in [4.78, 5) is 4.19. The fourth-order valence-electron chi connectivity index (χ4n) is 1.38. The summed E-state index contributed by atoms with van der Waals surface area (Å²) in [5, 5.41) is 7.60. The Bertz CT molecular complexity index is 430. The second-order valence-electron chi connectivity index (χ2n) is 3.35. The zero-order valence-corrected chi connectivity index (χ0v) is 7.14. The molecule has 0 aliphatic heterocycles. The van der Waals surface area contributed by atoms with E-state index in [0.717, 1.165) is 11.5 Å². The lowest BCUT2D eigenvalue weighted by atomic mass is 10.5. The number of nitrogens with one attached hydrogen (secondary N) is 1. The van der Waals surface area contributed by atoms with Crippen LogP contribution in [0, 0.1) is 0 Å². The van der Waals surface area contributed by atoms with Gasteiger partial charge in [-0.05, 0) is 18.9 Å². The molecule has 0 saturated heterocycles. The first kappa shape index (κ1) is 6.88. The highest BCUT2D eigenvalue weighted by Gasteiger charge is 2.21. The minimum Gasteiger partial charge on any atom is -0.367 e. The summed E-state index contributed by atoms with van der Waals surface area (Å²) in [6.07, 6.45) is 6.11. The van der Waals surface area contributed by atoms with E-state index in [2.05, 4.69) is 15.4 Å². The molecule has 0 amide bonds. The quantitative estimate of drug-likeness (QED) is 0.746. The van der Waals surface area contributed by atoms with Gasteiger partial charge in [0.05, 0.1) is 6.20 Å². The van der Waals surface area contributed by atoms with E-state index in [9.17, 15) is 0 Å². The summed E-state index contributed by atoms with van der Waals surface area (Å²) < 4.78 is 1.83. The summed E-state index contributed by atoms with van der Waals surface area (Å²) in [5.74, 6) is 1.04. The van der Waals surface area contributed by atoms with Crippen LogP contribution in [0.4, 0.5) is 5.82 Å². The monoisotopic (exact) mass is 174 g/mol. The molecule has 2 aromatic rings. The Labute approximate surface area is 75.6 Å². The number of fused-ring (bicyclic) bond motifs is 1. The van der Waals surface area contributed by atoms with Gasteiger partial charge in [-0.25, -0.2) is 4.98 Å². The topological polar surface area (TPSA) is 42.2 Å². The summed E-state index contributed by atoms with van der Waals surface area (Å²) >= 11 is 0. The fraction of sp³-hybridized carbons (Fsp3) is 0.333. The molecule has 4 heteroatoms. The minimum atomic E-state index is 0.648. The molecular formula is C9H10N4. The number of rotatable bonds is 2. The highest BCUT2D eigenvalue weighted by Crippen LogP contribution is 2.24. The maximum absolute atomic E-state index is 4.19. The Morgan fingerprint density at radius 2 is 2.23 bits per heavy atom. The van der Waals surface area contributed by atoms with E-state index in [-0.39, 0.29) is 0 Å². The number of aromatic nitrogens is 3. The van der Waals surface area contributed by atoms with Crippen LogP contribution in [0.15, 0.2) is 24.5 Å². The van der Waals surface area contributed by atoms with Gasteiger partial charge in [0, 0.05) is 18.3 Å². The summed E-state index contributed by atoms with van der Waals surface area (Å²) in [6.45, 7) is 0. The van der Waals surface area contributed by atoms with Crippen molar-refractivity contribution in [1.29, 1.82) is 0 Å². The van der Waals surface area contributed by atoms with Crippen molar-refractivity contribution in [3.05, 3.63) is 24.5 Å². The molecule has 0 radical (unpaired) electrons. The van der Waals surface area contributed by atoms with Crippen LogP contribution in [0.2, 0.25) is 0 Å². The van der Waals surface area contributed by atoms with Crippen LogP contribution < -0.4 is 5.32 Å². The van der Waals surface area contributed by atoms with Crippen LogP contribution in [0.25, 0.3) is 5.65 Å². The molecular weight excluding hydrogens is 164 g/mol. The van der Waals surface area contributed by atoms with Crippen molar-refractivity contribution in [3.8, 4) is 0 Å². The van der Waals surface area contributed by atoms with Gasteiger partial charge < -0.3 is 5.32 Å². The van der Waals surface area contributed by atoms with Gasteiger partial charge in [0.15, 0.2) is 5.65 Å². The third-order valence-electron chi connectivity index (χ3n) is 2.22. The van der Waals surface area contributed by atoms with Crippen molar-refractivity contribution in [1.82, 2.24) is 14.6 Å². The Morgan fingerprint density at radius 3 is 3.08 bits per heavy atom. The number of hydrogen-bond donors (Lipinski definition) is 1. The SMILES string of the molecule is c1cc(NC2CC2)n2nccc2n1. The minimum absolute atomic E-state index is 0.648. The highest BCUT2D eigenvalue weighted by atomic mass is 15.3. The van der Waals surface area contributed by atoms with Crippen molar-refractivity contribution in [2.75, 3.05) is 5.32 Å². The van der Waals surface area contributed by atoms with Crippen molar-refractivity contribution in [2.24, 2.45) is 0 Å². The average molecular weight is 174 g/mol. The smallest absolute Gasteiger partial charge is 0.157 e. The van der Waals surface area contributed by atoms with E-state index in [4.69, 9.17) is 0 Å². The van der Waals surface area contributed by atoms with Crippen molar-refractivity contribution < 1.29 is 0 Å². The Morgan fingerprint density at radius 1 is 1.31 bits per heavy atom. The molecule has 0 spiro atoms. The molecule has 1 N–H and O–H groups in total. The third-order valence-corrected chi connectivity index (χ3v) is 2.22. The molecule has 66 valence electrons. The molecule has 2 heterocycles. The lowest BCUT2D eigenvalue weighted by Crippen LogP contribution is -2.06. The van der Waals surface area contributed by atoms with Gasteiger partial charge in [-0.3, -0.25) is 0 Å². The zero-order chi connectivity index (χ0) is 8.67. The fourth-order valence-corrected chi connectivity index (χ4v) is 1.38. The van der Waals surface area contributed by atoms with Crippen LogP contribution in [0.3, 0.4) is 0 Å². The van der Waals surface area contributed by atoms with Gasteiger partial charge in [-0.15, -0.1) is 0 Å². The van der Waals surface area contributed by atoms with Gasteiger partial charge in [0.1, 0.15) is 5.82 Å². The second kappa shape index (κ2) is 2.45. The van der Waals surface area contributed by atoms with Gasteiger partial charge in [-0.1, -0.05) is 0 Å². The maximum atomic E-state index is 4.19. The predicted octanol–water partition coefficient (Wildman–Crippen LogP) is 1.30. The number of anilines is 1. The molecule has 1 aliphatic carbocycles. The Hall–Kier alpha value is -1.58. The van der Waals surface area contributed by atoms with Crippen LogP contribution in [-0.2, 0) is 0 Å². The highest BCUT2D eigenvalue weighted by molar-refractivity contribution is 5.47. The molecule has 0 unspecified atom stereocenters. The van der Waals surface area contributed by atoms with Crippen LogP contribution in [-0.4, -0.2) is 20.6 Å². The van der Waals surface area contributed by atoms with Crippen molar-refractivity contribution >= 4 is 11.5 Å². The molecule has 13 heavy (non-hydrogen) atoms. The van der Waals surface area contributed by atoms with Gasteiger partial charge in [-0.2, -0.15) is 9.61 Å². The van der Waals surface area contributed by atoms with E-state index in [0.29, 0.717) is 6.04 Å². The molecule has 2 aromatic heterocycles. The summed E-state index contributed by atoms with van der Waals surface area (Å²) in [6, 6.07) is 4.51. The Kier molecular flexibility index (Phi) is 1.30. The first-order valence-electron chi connectivity index (χ1n) is 4.49. The first-order chi connectivity index (χ1) is 6.43. The van der Waals surface area contributed by atoms with Crippen molar-refractivity contribution in [2.45, 2.75) is 18.9 Å². The van der Waals surface area contributed by atoms with E-state index in [1.54, 1.807) is 6.20 Å². The lowest BCUT2D eigenvalue weighted by molar-refractivity contribution is 0.924. The number of hydrogen-bond acceptors (Lipinski definition) is 3. The molecule has 0 bridgehead atoms. The first-order valence-corrected chi connectivity index (χ1v) is 4.49. The third kappa shape index (κ3) is 1.14. The van der Waals surface area contributed by atoms with Crippen LogP contribution in [0.5, 0.6) is 0 Å². The van der Waals surface area contributed by atoms with E-state index in [1.165, 1.54) is 12.8 Å². The molecule has 1 aliphatic rings. The van der Waals surface area contributed by atoms with Gasteiger partial charge >= 0.3 is 0 Å².